The standard InChI is InChI=1S/C10H20N2O2.ClH/c1-7(8(2)11)10(13)12-6-9-4-3-5-14-9;/h7-9H,3-6,11H2,1-2H3,(H,12,13);1H. The van der Waals surface area contributed by atoms with E-state index in [9.17, 15) is 4.79 Å². The van der Waals surface area contributed by atoms with Gasteiger partial charge in [0.25, 0.3) is 0 Å². The number of ether oxygens (including phenoxy) is 1. The van der Waals surface area contributed by atoms with Crippen LogP contribution in [0.2, 0.25) is 0 Å². The number of nitrogens with two attached hydrogens (primary N) is 1. The predicted octanol–water partition coefficient (Wildman–Crippen LogP) is 0.687. The van der Waals surface area contributed by atoms with Crippen LogP contribution in [0.25, 0.3) is 0 Å². The molecule has 0 aliphatic carbocycles. The van der Waals surface area contributed by atoms with Crippen LogP contribution in [0.15, 0.2) is 0 Å². The average molecular weight is 237 g/mol. The number of carbonyl (C=O) groups excluding carboxylic acids is 1. The zero-order valence-corrected chi connectivity index (χ0v) is 10.2. The molecule has 1 aliphatic rings. The lowest BCUT2D eigenvalue weighted by Crippen LogP contribution is -2.41. The van der Waals surface area contributed by atoms with Gasteiger partial charge in [-0.15, -0.1) is 12.4 Å². The van der Waals surface area contributed by atoms with E-state index in [1.165, 1.54) is 0 Å². The molecule has 1 fully saturated rings. The predicted molar refractivity (Wildman–Crippen MR) is 62.0 cm³/mol. The van der Waals surface area contributed by atoms with Gasteiger partial charge in [0.1, 0.15) is 0 Å². The lowest BCUT2D eigenvalue weighted by atomic mass is 10.0. The summed E-state index contributed by atoms with van der Waals surface area (Å²) in [6, 6.07) is -0.0977. The van der Waals surface area contributed by atoms with Gasteiger partial charge in [-0.25, -0.2) is 0 Å². The quantitative estimate of drug-likeness (QED) is 0.755. The minimum Gasteiger partial charge on any atom is -0.376 e. The third-order valence-electron chi connectivity index (χ3n) is 2.73. The summed E-state index contributed by atoms with van der Waals surface area (Å²) in [5, 5.41) is 2.86. The second-order valence-corrected chi connectivity index (χ2v) is 4.03. The highest BCUT2D eigenvalue weighted by molar-refractivity contribution is 5.85. The van der Waals surface area contributed by atoms with E-state index >= 15 is 0 Å². The molecule has 5 heteroatoms. The molecule has 1 saturated heterocycles. The molecule has 0 spiro atoms. The summed E-state index contributed by atoms with van der Waals surface area (Å²) in [6.07, 6.45) is 2.36. The second-order valence-electron chi connectivity index (χ2n) is 4.03. The molecule has 1 heterocycles. The monoisotopic (exact) mass is 236 g/mol. The van der Waals surface area contributed by atoms with Crippen LogP contribution in [0, 0.1) is 5.92 Å². The largest absolute Gasteiger partial charge is 0.376 e. The minimum atomic E-state index is -0.128. The van der Waals surface area contributed by atoms with Crippen molar-refractivity contribution in [3.63, 3.8) is 0 Å². The number of halogens is 1. The zero-order valence-electron chi connectivity index (χ0n) is 9.36. The first-order valence-electron chi connectivity index (χ1n) is 5.26. The van der Waals surface area contributed by atoms with Crippen LogP contribution in [0.4, 0.5) is 0 Å². The molecule has 1 rings (SSSR count). The van der Waals surface area contributed by atoms with Crippen LogP contribution in [-0.4, -0.2) is 31.2 Å². The van der Waals surface area contributed by atoms with Gasteiger partial charge in [0, 0.05) is 25.1 Å². The van der Waals surface area contributed by atoms with Crippen LogP contribution >= 0.6 is 12.4 Å². The Bertz CT molecular complexity index is 194. The highest BCUT2D eigenvalue weighted by Gasteiger charge is 2.20. The fourth-order valence-corrected chi connectivity index (χ4v) is 1.42. The first-order valence-corrected chi connectivity index (χ1v) is 5.26. The lowest BCUT2D eigenvalue weighted by molar-refractivity contribution is -0.125. The summed E-state index contributed by atoms with van der Waals surface area (Å²) in [5.74, 6) is -0.105. The van der Waals surface area contributed by atoms with E-state index in [-0.39, 0.29) is 36.4 Å². The van der Waals surface area contributed by atoms with E-state index in [4.69, 9.17) is 10.5 Å². The minimum absolute atomic E-state index is 0. The van der Waals surface area contributed by atoms with Gasteiger partial charge in [0.05, 0.1) is 6.10 Å². The fraction of sp³-hybridized carbons (Fsp3) is 0.900. The van der Waals surface area contributed by atoms with Gasteiger partial charge in [0.2, 0.25) is 5.91 Å². The van der Waals surface area contributed by atoms with Crippen molar-refractivity contribution in [1.82, 2.24) is 5.32 Å². The Morgan fingerprint density at radius 2 is 2.27 bits per heavy atom. The molecule has 3 atom stereocenters. The third-order valence-corrected chi connectivity index (χ3v) is 2.73. The molecule has 3 unspecified atom stereocenters. The van der Waals surface area contributed by atoms with E-state index in [0.29, 0.717) is 6.54 Å². The molecule has 3 N–H and O–H groups in total. The van der Waals surface area contributed by atoms with Crippen molar-refractivity contribution in [2.45, 2.75) is 38.8 Å². The van der Waals surface area contributed by atoms with Crippen LogP contribution in [0.5, 0.6) is 0 Å². The van der Waals surface area contributed by atoms with E-state index in [0.717, 1.165) is 19.4 Å². The summed E-state index contributed by atoms with van der Waals surface area (Å²) in [6.45, 7) is 5.13. The molecule has 15 heavy (non-hydrogen) atoms. The SMILES string of the molecule is CC(N)C(C)C(=O)NCC1CCCO1.Cl. The zero-order chi connectivity index (χ0) is 10.6. The van der Waals surface area contributed by atoms with Crippen LogP contribution in [0.3, 0.4) is 0 Å². The van der Waals surface area contributed by atoms with E-state index < -0.39 is 0 Å². The number of nitrogens with one attached hydrogen (secondary N) is 1. The maximum absolute atomic E-state index is 11.5. The molecule has 1 amide bonds. The highest BCUT2D eigenvalue weighted by atomic mass is 35.5. The number of hydrogen-bond donors (Lipinski definition) is 2. The van der Waals surface area contributed by atoms with Crippen molar-refractivity contribution in [3.05, 3.63) is 0 Å². The van der Waals surface area contributed by atoms with Gasteiger partial charge in [0.15, 0.2) is 0 Å². The number of hydrogen-bond acceptors (Lipinski definition) is 3. The van der Waals surface area contributed by atoms with Gasteiger partial charge in [-0.1, -0.05) is 6.92 Å². The van der Waals surface area contributed by atoms with Crippen molar-refractivity contribution in [1.29, 1.82) is 0 Å². The molecule has 0 aromatic rings. The molecule has 0 saturated carbocycles. The van der Waals surface area contributed by atoms with E-state index in [1.54, 1.807) is 0 Å². The van der Waals surface area contributed by atoms with Crippen molar-refractivity contribution < 1.29 is 9.53 Å². The molecular formula is C10H21ClN2O2. The lowest BCUT2D eigenvalue weighted by Gasteiger charge is -2.17. The Morgan fingerprint density at radius 1 is 1.60 bits per heavy atom. The molecule has 0 radical (unpaired) electrons. The maximum atomic E-state index is 11.5. The van der Waals surface area contributed by atoms with Crippen LogP contribution in [-0.2, 0) is 9.53 Å². The molecule has 0 aromatic heterocycles. The van der Waals surface area contributed by atoms with E-state index in [2.05, 4.69) is 5.32 Å². The number of rotatable bonds is 4. The summed E-state index contributed by atoms with van der Waals surface area (Å²) >= 11 is 0. The Labute approximate surface area is 97.3 Å². The molecular weight excluding hydrogens is 216 g/mol. The van der Waals surface area contributed by atoms with Crippen molar-refractivity contribution >= 4 is 18.3 Å². The van der Waals surface area contributed by atoms with Gasteiger partial charge in [-0.05, 0) is 19.8 Å². The molecule has 1 aliphatic heterocycles. The van der Waals surface area contributed by atoms with Crippen LogP contribution < -0.4 is 11.1 Å². The first kappa shape index (κ1) is 14.7. The number of carbonyl (C=O) groups is 1. The number of amides is 1. The topological polar surface area (TPSA) is 64.4 Å². The highest BCUT2D eigenvalue weighted by Crippen LogP contribution is 2.10. The van der Waals surface area contributed by atoms with Crippen LogP contribution in [0.1, 0.15) is 26.7 Å². The normalized spacial score (nSPS) is 24.1. The third kappa shape index (κ3) is 4.82. The molecule has 0 bridgehead atoms. The van der Waals surface area contributed by atoms with Crippen molar-refractivity contribution in [2.24, 2.45) is 11.7 Å². The summed E-state index contributed by atoms with van der Waals surface area (Å²) in [7, 11) is 0. The molecule has 90 valence electrons. The second kappa shape index (κ2) is 7.04. The smallest absolute Gasteiger partial charge is 0.224 e. The maximum Gasteiger partial charge on any atom is 0.224 e. The Kier molecular flexibility index (Phi) is 6.89. The van der Waals surface area contributed by atoms with E-state index in [1.807, 2.05) is 13.8 Å². The Morgan fingerprint density at radius 3 is 2.73 bits per heavy atom. The summed E-state index contributed by atoms with van der Waals surface area (Å²) < 4.78 is 5.40. The fourth-order valence-electron chi connectivity index (χ4n) is 1.42. The Balaban J connectivity index is 0.00000196. The first-order chi connectivity index (χ1) is 6.61. The van der Waals surface area contributed by atoms with Crippen molar-refractivity contribution in [3.8, 4) is 0 Å². The summed E-state index contributed by atoms with van der Waals surface area (Å²) in [4.78, 5) is 11.5. The van der Waals surface area contributed by atoms with Gasteiger partial charge >= 0.3 is 0 Å². The summed E-state index contributed by atoms with van der Waals surface area (Å²) in [5.41, 5.74) is 5.63. The van der Waals surface area contributed by atoms with Crippen molar-refractivity contribution in [2.75, 3.05) is 13.2 Å². The Hall–Kier alpha value is -0.320. The molecule has 0 aromatic carbocycles. The van der Waals surface area contributed by atoms with Gasteiger partial charge in [-0.2, -0.15) is 0 Å². The average Bonchev–Trinajstić information content (AvgIpc) is 2.65. The van der Waals surface area contributed by atoms with Gasteiger partial charge < -0.3 is 15.8 Å². The molecule has 4 nitrogen and oxygen atoms in total. The van der Waals surface area contributed by atoms with Gasteiger partial charge in [-0.3, -0.25) is 4.79 Å².